The fourth-order valence-electron chi connectivity index (χ4n) is 4.97. The van der Waals surface area contributed by atoms with Gasteiger partial charge < -0.3 is 14.7 Å². The molecule has 0 radical (unpaired) electrons. The van der Waals surface area contributed by atoms with E-state index in [0.717, 1.165) is 22.3 Å². The second-order valence-electron chi connectivity index (χ2n) is 8.43. The van der Waals surface area contributed by atoms with Crippen molar-refractivity contribution in [3.63, 3.8) is 0 Å². The van der Waals surface area contributed by atoms with Gasteiger partial charge in [0.1, 0.15) is 12.4 Å². The summed E-state index contributed by atoms with van der Waals surface area (Å²) in [5.41, 5.74) is 5.05. The Morgan fingerprint density at radius 2 is 1.64 bits per heavy atom. The molecule has 0 bridgehead atoms. The Hall–Kier alpha value is -3.19. The van der Waals surface area contributed by atoms with Crippen LogP contribution in [0.25, 0.3) is 11.1 Å². The molecule has 33 heavy (non-hydrogen) atoms. The number of nitrogens with zero attached hydrogens (tertiary/aromatic N) is 1. The fourth-order valence-corrected chi connectivity index (χ4v) is 5.22. The van der Waals surface area contributed by atoms with Gasteiger partial charge in [0.05, 0.1) is 10.4 Å². The fraction of sp³-hybridized carbons (Fsp3) is 0.231. The van der Waals surface area contributed by atoms with Crippen molar-refractivity contribution >= 4 is 28.0 Å². The van der Waals surface area contributed by atoms with Gasteiger partial charge in [-0.3, -0.25) is 4.79 Å². The molecule has 0 aromatic heterocycles. The van der Waals surface area contributed by atoms with Crippen LogP contribution in [0.3, 0.4) is 0 Å². The number of amides is 1. The average molecular weight is 510 g/mol. The van der Waals surface area contributed by atoms with Crippen LogP contribution < -0.4 is 0 Å². The van der Waals surface area contributed by atoms with Crippen molar-refractivity contribution in [2.24, 2.45) is 5.92 Å². The first-order chi connectivity index (χ1) is 15.9. The van der Waals surface area contributed by atoms with Crippen molar-refractivity contribution in [1.29, 1.82) is 0 Å². The number of rotatable bonds is 4. The third-order valence-electron chi connectivity index (χ3n) is 6.60. The molecule has 2 unspecified atom stereocenters. The van der Waals surface area contributed by atoms with Crippen LogP contribution in [0, 0.1) is 11.7 Å². The van der Waals surface area contributed by atoms with E-state index in [1.165, 1.54) is 11.0 Å². The zero-order valence-corrected chi connectivity index (χ0v) is 19.2. The first-order valence-electron chi connectivity index (χ1n) is 10.7. The maximum Gasteiger partial charge on any atom is 0.409 e. The van der Waals surface area contributed by atoms with Gasteiger partial charge in [0.2, 0.25) is 0 Å². The molecule has 5 rings (SSSR count). The molecule has 1 fully saturated rings. The first-order valence-corrected chi connectivity index (χ1v) is 11.5. The molecule has 2 atom stereocenters. The zero-order chi connectivity index (χ0) is 23.1. The summed E-state index contributed by atoms with van der Waals surface area (Å²) in [6.45, 7) is 0.349. The van der Waals surface area contributed by atoms with E-state index in [4.69, 9.17) is 4.74 Å². The van der Waals surface area contributed by atoms with Gasteiger partial charge in [0.25, 0.3) is 0 Å². The minimum absolute atomic E-state index is 0.0222. The molecule has 3 aromatic carbocycles. The van der Waals surface area contributed by atoms with Crippen LogP contribution >= 0.6 is 15.9 Å². The Morgan fingerprint density at radius 3 is 2.24 bits per heavy atom. The number of carbonyl (C=O) groups is 2. The number of likely N-dealkylation sites (tertiary alicyclic amines) is 1. The number of benzene rings is 3. The summed E-state index contributed by atoms with van der Waals surface area (Å²) in [5.74, 6) is -2.89. The summed E-state index contributed by atoms with van der Waals surface area (Å²) in [5, 5.41) is 9.71. The number of halogens is 2. The van der Waals surface area contributed by atoms with Crippen LogP contribution in [-0.4, -0.2) is 41.8 Å². The van der Waals surface area contributed by atoms with Gasteiger partial charge in [0, 0.05) is 24.9 Å². The highest BCUT2D eigenvalue weighted by molar-refractivity contribution is 9.10. The number of fused-ring (bicyclic) bond motifs is 3. The van der Waals surface area contributed by atoms with Gasteiger partial charge in [-0.1, -0.05) is 54.6 Å². The lowest BCUT2D eigenvalue weighted by Crippen LogP contribution is -2.31. The lowest BCUT2D eigenvalue weighted by molar-refractivity contribution is -0.141. The third-order valence-corrected chi connectivity index (χ3v) is 7.25. The molecule has 5 nitrogen and oxygen atoms in total. The molecule has 1 heterocycles. The van der Waals surface area contributed by atoms with Crippen molar-refractivity contribution < 1.29 is 23.8 Å². The van der Waals surface area contributed by atoms with Crippen LogP contribution in [0.5, 0.6) is 0 Å². The van der Waals surface area contributed by atoms with Crippen molar-refractivity contribution in [2.75, 3.05) is 19.7 Å². The van der Waals surface area contributed by atoms with Gasteiger partial charge in [-0.05, 0) is 55.9 Å². The summed E-state index contributed by atoms with van der Waals surface area (Å²) in [4.78, 5) is 26.2. The van der Waals surface area contributed by atoms with E-state index in [0.29, 0.717) is 10.0 Å². The highest BCUT2D eigenvalue weighted by Gasteiger charge is 2.41. The summed E-state index contributed by atoms with van der Waals surface area (Å²) < 4.78 is 20.1. The molecule has 0 spiro atoms. The SMILES string of the molecule is O=C(O)C1CN(C(=O)OCC2c3ccccc3-c3ccccc32)CC1c1ccc(Br)c(F)c1. The summed E-state index contributed by atoms with van der Waals surface area (Å²) in [6.07, 6.45) is -0.553. The quantitative estimate of drug-likeness (QED) is 0.494. The summed E-state index contributed by atoms with van der Waals surface area (Å²) >= 11 is 3.12. The van der Waals surface area contributed by atoms with Crippen molar-refractivity contribution in [2.45, 2.75) is 11.8 Å². The number of carbonyl (C=O) groups excluding carboxylic acids is 1. The molecule has 7 heteroatoms. The van der Waals surface area contributed by atoms with Crippen LogP contribution in [0.15, 0.2) is 71.2 Å². The lowest BCUT2D eigenvalue weighted by Gasteiger charge is -2.19. The van der Waals surface area contributed by atoms with Gasteiger partial charge in [-0.15, -0.1) is 0 Å². The number of carboxylic acids is 1. The predicted octanol–water partition coefficient (Wildman–Crippen LogP) is 5.64. The van der Waals surface area contributed by atoms with E-state index in [1.54, 1.807) is 12.1 Å². The molecule has 1 amide bonds. The Morgan fingerprint density at radius 1 is 1.00 bits per heavy atom. The van der Waals surface area contributed by atoms with Gasteiger partial charge >= 0.3 is 12.1 Å². The van der Waals surface area contributed by atoms with E-state index in [-0.39, 0.29) is 25.6 Å². The Balaban J connectivity index is 1.32. The minimum Gasteiger partial charge on any atom is -0.481 e. The average Bonchev–Trinajstić information content (AvgIpc) is 3.40. The molecular weight excluding hydrogens is 489 g/mol. The topological polar surface area (TPSA) is 66.8 Å². The third kappa shape index (κ3) is 3.91. The molecule has 168 valence electrons. The van der Waals surface area contributed by atoms with E-state index < -0.39 is 29.7 Å². The van der Waals surface area contributed by atoms with Gasteiger partial charge in [-0.25, -0.2) is 9.18 Å². The number of hydrogen-bond acceptors (Lipinski definition) is 3. The molecule has 1 aliphatic carbocycles. The molecule has 2 aliphatic rings. The van der Waals surface area contributed by atoms with Crippen LogP contribution in [-0.2, 0) is 9.53 Å². The standard InChI is InChI=1S/C26H21BrFNO4/c27-23-10-9-15(11-24(23)28)20-12-29(13-21(20)25(30)31)26(32)33-14-22-18-7-3-1-5-16(18)17-6-2-4-8-19(17)22/h1-11,20-22H,12-14H2,(H,30,31). The molecular formula is C26H21BrFNO4. The van der Waals surface area contributed by atoms with E-state index in [2.05, 4.69) is 28.1 Å². The van der Waals surface area contributed by atoms with Gasteiger partial charge in [-0.2, -0.15) is 0 Å². The summed E-state index contributed by atoms with van der Waals surface area (Å²) in [7, 11) is 0. The van der Waals surface area contributed by atoms with Crippen molar-refractivity contribution in [3.05, 3.63) is 93.7 Å². The van der Waals surface area contributed by atoms with Crippen molar-refractivity contribution in [3.8, 4) is 11.1 Å². The smallest absolute Gasteiger partial charge is 0.409 e. The van der Waals surface area contributed by atoms with Gasteiger partial charge in [0.15, 0.2) is 0 Å². The van der Waals surface area contributed by atoms with E-state index >= 15 is 0 Å². The minimum atomic E-state index is -1.02. The van der Waals surface area contributed by atoms with Crippen LogP contribution in [0.2, 0.25) is 0 Å². The van der Waals surface area contributed by atoms with E-state index in [1.807, 2.05) is 36.4 Å². The number of hydrogen-bond donors (Lipinski definition) is 1. The Labute approximate surface area is 198 Å². The highest BCUT2D eigenvalue weighted by Crippen LogP contribution is 2.44. The lowest BCUT2D eigenvalue weighted by atomic mass is 9.89. The van der Waals surface area contributed by atoms with Crippen molar-refractivity contribution in [1.82, 2.24) is 4.90 Å². The first kappa shape index (κ1) is 21.6. The largest absolute Gasteiger partial charge is 0.481 e. The Kier molecular flexibility index (Phi) is 5.66. The molecule has 1 saturated heterocycles. The molecule has 1 N–H and O–H groups in total. The highest BCUT2D eigenvalue weighted by atomic mass is 79.9. The maximum absolute atomic E-state index is 14.1. The zero-order valence-electron chi connectivity index (χ0n) is 17.6. The monoisotopic (exact) mass is 509 g/mol. The summed E-state index contributed by atoms with van der Waals surface area (Å²) in [6, 6.07) is 20.7. The predicted molar refractivity (Wildman–Crippen MR) is 125 cm³/mol. The molecule has 0 saturated carbocycles. The normalized spacial score (nSPS) is 19.3. The van der Waals surface area contributed by atoms with Crippen LogP contribution in [0.1, 0.15) is 28.5 Å². The number of carboxylic acid groups (broad SMARTS) is 1. The number of aliphatic carboxylic acids is 1. The number of ether oxygens (including phenoxy) is 1. The molecule has 1 aliphatic heterocycles. The Bertz CT molecular complexity index is 1200. The second-order valence-corrected chi connectivity index (χ2v) is 9.29. The van der Waals surface area contributed by atoms with E-state index in [9.17, 15) is 19.1 Å². The molecule has 3 aromatic rings. The maximum atomic E-state index is 14.1. The van der Waals surface area contributed by atoms with Crippen LogP contribution in [0.4, 0.5) is 9.18 Å². The second kappa shape index (κ2) is 8.63.